The Bertz CT molecular complexity index is 489. The van der Waals surface area contributed by atoms with E-state index in [0.717, 1.165) is 5.69 Å². The van der Waals surface area contributed by atoms with Gasteiger partial charge in [-0.2, -0.15) is 0 Å². The van der Waals surface area contributed by atoms with Crippen LogP contribution in [0.5, 0.6) is 0 Å². The molecule has 0 unspecified atom stereocenters. The molecule has 6 nitrogen and oxygen atoms in total. The van der Waals surface area contributed by atoms with E-state index in [9.17, 15) is 9.59 Å². The summed E-state index contributed by atoms with van der Waals surface area (Å²) < 4.78 is 0. The van der Waals surface area contributed by atoms with Gasteiger partial charge in [0.15, 0.2) is 0 Å². The average molecular weight is 249 g/mol. The predicted molar refractivity (Wildman–Crippen MR) is 65.3 cm³/mol. The van der Waals surface area contributed by atoms with Crippen molar-refractivity contribution in [1.82, 2.24) is 4.98 Å². The molecule has 0 radical (unpaired) electrons. The molecule has 2 atom stereocenters. The van der Waals surface area contributed by atoms with E-state index in [-0.39, 0.29) is 17.5 Å². The number of hydrogen-bond acceptors (Lipinski definition) is 4. The number of anilines is 1. The Morgan fingerprint density at radius 2 is 2.22 bits per heavy atom. The Kier molecular flexibility index (Phi) is 3.18. The SMILES string of the molecule is C[C@@H]1CN(c2ccnc(C(N)=O)c2)C[C@H]1C(=O)O. The molecule has 3 N–H and O–H groups in total. The quantitative estimate of drug-likeness (QED) is 0.805. The molecule has 2 heterocycles. The van der Waals surface area contributed by atoms with E-state index in [0.29, 0.717) is 13.1 Å². The van der Waals surface area contributed by atoms with E-state index in [1.54, 1.807) is 12.1 Å². The van der Waals surface area contributed by atoms with Crippen LogP contribution in [0.2, 0.25) is 0 Å². The lowest BCUT2D eigenvalue weighted by atomic mass is 9.99. The maximum absolute atomic E-state index is 11.1. The number of amides is 1. The van der Waals surface area contributed by atoms with E-state index in [1.807, 2.05) is 11.8 Å². The fraction of sp³-hybridized carbons (Fsp3) is 0.417. The van der Waals surface area contributed by atoms with Crippen LogP contribution in [0.15, 0.2) is 18.3 Å². The standard InChI is InChI=1S/C12H15N3O3/c1-7-5-15(6-9(7)12(17)18)8-2-3-14-10(4-8)11(13)16/h2-4,7,9H,5-6H2,1H3,(H2,13,16)(H,17,18)/t7-,9-/m1/s1. The highest BCUT2D eigenvalue weighted by Gasteiger charge is 2.34. The second-order valence-corrected chi connectivity index (χ2v) is 4.59. The van der Waals surface area contributed by atoms with Gasteiger partial charge < -0.3 is 15.7 Å². The molecule has 6 heteroatoms. The Hall–Kier alpha value is -2.11. The molecular weight excluding hydrogens is 234 g/mol. The molecule has 1 aromatic heterocycles. The summed E-state index contributed by atoms with van der Waals surface area (Å²) in [4.78, 5) is 27.9. The number of carboxylic acid groups (broad SMARTS) is 1. The number of carbonyl (C=O) groups excluding carboxylic acids is 1. The van der Waals surface area contributed by atoms with Gasteiger partial charge >= 0.3 is 5.97 Å². The van der Waals surface area contributed by atoms with Gasteiger partial charge in [-0.15, -0.1) is 0 Å². The summed E-state index contributed by atoms with van der Waals surface area (Å²) in [5, 5.41) is 9.08. The van der Waals surface area contributed by atoms with Gasteiger partial charge in [0.25, 0.3) is 5.91 Å². The van der Waals surface area contributed by atoms with Crippen LogP contribution in [-0.4, -0.2) is 35.1 Å². The molecule has 0 aromatic carbocycles. The van der Waals surface area contributed by atoms with Crippen molar-refractivity contribution >= 4 is 17.6 Å². The Morgan fingerprint density at radius 3 is 2.78 bits per heavy atom. The minimum Gasteiger partial charge on any atom is -0.481 e. The molecule has 1 aliphatic heterocycles. The average Bonchev–Trinajstić information content (AvgIpc) is 2.71. The number of nitrogens with zero attached hydrogens (tertiary/aromatic N) is 2. The highest BCUT2D eigenvalue weighted by atomic mass is 16.4. The molecule has 1 aromatic rings. The van der Waals surface area contributed by atoms with Gasteiger partial charge in [-0.1, -0.05) is 6.92 Å². The lowest BCUT2D eigenvalue weighted by Gasteiger charge is -2.18. The number of hydrogen-bond donors (Lipinski definition) is 2. The second-order valence-electron chi connectivity index (χ2n) is 4.59. The predicted octanol–water partition coefficient (Wildman–Crippen LogP) is 0.337. The topological polar surface area (TPSA) is 96.5 Å². The summed E-state index contributed by atoms with van der Waals surface area (Å²) in [6, 6.07) is 3.35. The highest BCUT2D eigenvalue weighted by Crippen LogP contribution is 2.28. The number of carboxylic acids is 1. The van der Waals surface area contributed by atoms with Crippen molar-refractivity contribution in [3.8, 4) is 0 Å². The van der Waals surface area contributed by atoms with Gasteiger partial charge in [-0.3, -0.25) is 14.6 Å². The fourth-order valence-electron chi connectivity index (χ4n) is 2.25. The van der Waals surface area contributed by atoms with E-state index in [1.165, 1.54) is 6.20 Å². The monoisotopic (exact) mass is 249 g/mol. The minimum atomic E-state index is -0.783. The smallest absolute Gasteiger partial charge is 0.308 e. The maximum Gasteiger partial charge on any atom is 0.308 e. The van der Waals surface area contributed by atoms with Crippen LogP contribution in [0.3, 0.4) is 0 Å². The molecule has 0 bridgehead atoms. The van der Waals surface area contributed by atoms with Gasteiger partial charge in [-0.25, -0.2) is 0 Å². The Labute approximate surface area is 104 Å². The number of primary amides is 1. The molecule has 18 heavy (non-hydrogen) atoms. The summed E-state index contributed by atoms with van der Waals surface area (Å²) in [5.74, 6) is -1.67. The first-order valence-corrected chi connectivity index (χ1v) is 5.72. The number of aromatic nitrogens is 1. The zero-order valence-electron chi connectivity index (χ0n) is 10.0. The molecule has 1 aliphatic rings. The first-order chi connectivity index (χ1) is 8.49. The van der Waals surface area contributed by atoms with Crippen LogP contribution in [-0.2, 0) is 4.79 Å². The van der Waals surface area contributed by atoms with Gasteiger partial charge in [0.1, 0.15) is 5.69 Å². The van der Waals surface area contributed by atoms with Gasteiger partial charge in [0.2, 0.25) is 0 Å². The minimum absolute atomic E-state index is 0.0766. The van der Waals surface area contributed by atoms with Crippen LogP contribution in [0, 0.1) is 11.8 Å². The van der Waals surface area contributed by atoms with Crippen molar-refractivity contribution in [3.05, 3.63) is 24.0 Å². The van der Waals surface area contributed by atoms with E-state index in [4.69, 9.17) is 10.8 Å². The van der Waals surface area contributed by atoms with Crippen LogP contribution < -0.4 is 10.6 Å². The summed E-state index contributed by atoms with van der Waals surface area (Å²) in [7, 11) is 0. The van der Waals surface area contributed by atoms with Crippen LogP contribution >= 0.6 is 0 Å². The van der Waals surface area contributed by atoms with Gasteiger partial charge in [0.05, 0.1) is 5.92 Å². The number of rotatable bonds is 3. The van der Waals surface area contributed by atoms with Crippen molar-refractivity contribution in [3.63, 3.8) is 0 Å². The molecule has 0 spiro atoms. The molecule has 1 saturated heterocycles. The number of carbonyl (C=O) groups is 2. The Morgan fingerprint density at radius 1 is 1.50 bits per heavy atom. The highest BCUT2D eigenvalue weighted by molar-refractivity contribution is 5.91. The zero-order valence-corrected chi connectivity index (χ0v) is 10.0. The summed E-state index contributed by atoms with van der Waals surface area (Å²) >= 11 is 0. The summed E-state index contributed by atoms with van der Waals surface area (Å²) in [6.07, 6.45) is 1.51. The Balaban J connectivity index is 2.21. The molecule has 0 saturated carbocycles. The number of nitrogens with two attached hydrogens (primary N) is 1. The van der Waals surface area contributed by atoms with Crippen LogP contribution in [0.1, 0.15) is 17.4 Å². The first kappa shape index (κ1) is 12.3. The molecule has 2 rings (SSSR count). The maximum atomic E-state index is 11.1. The molecular formula is C12H15N3O3. The van der Waals surface area contributed by atoms with Crippen molar-refractivity contribution in [2.24, 2.45) is 17.6 Å². The lowest BCUT2D eigenvalue weighted by molar-refractivity contribution is -0.142. The number of pyridine rings is 1. The van der Waals surface area contributed by atoms with Gasteiger partial charge in [0, 0.05) is 25.0 Å². The van der Waals surface area contributed by atoms with Crippen molar-refractivity contribution in [2.75, 3.05) is 18.0 Å². The lowest BCUT2D eigenvalue weighted by Crippen LogP contribution is -2.23. The third-order valence-corrected chi connectivity index (χ3v) is 3.29. The normalized spacial score (nSPS) is 23.1. The van der Waals surface area contributed by atoms with Crippen LogP contribution in [0.25, 0.3) is 0 Å². The third-order valence-electron chi connectivity index (χ3n) is 3.29. The van der Waals surface area contributed by atoms with Crippen molar-refractivity contribution in [2.45, 2.75) is 6.92 Å². The second kappa shape index (κ2) is 4.64. The zero-order chi connectivity index (χ0) is 13.3. The van der Waals surface area contributed by atoms with E-state index >= 15 is 0 Å². The van der Waals surface area contributed by atoms with Crippen molar-refractivity contribution in [1.29, 1.82) is 0 Å². The third kappa shape index (κ3) is 2.27. The molecule has 0 aliphatic carbocycles. The van der Waals surface area contributed by atoms with Crippen LogP contribution in [0.4, 0.5) is 5.69 Å². The first-order valence-electron chi connectivity index (χ1n) is 5.72. The van der Waals surface area contributed by atoms with Crippen molar-refractivity contribution < 1.29 is 14.7 Å². The molecule has 1 fully saturated rings. The summed E-state index contributed by atoms with van der Waals surface area (Å²) in [6.45, 7) is 3.01. The molecule has 1 amide bonds. The number of aliphatic carboxylic acids is 1. The fourth-order valence-corrected chi connectivity index (χ4v) is 2.25. The summed E-state index contributed by atoms with van der Waals surface area (Å²) in [5.41, 5.74) is 6.15. The largest absolute Gasteiger partial charge is 0.481 e. The van der Waals surface area contributed by atoms with E-state index < -0.39 is 11.9 Å². The molecule has 96 valence electrons. The van der Waals surface area contributed by atoms with Gasteiger partial charge in [-0.05, 0) is 18.1 Å². The van der Waals surface area contributed by atoms with E-state index in [2.05, 4.69) is 4.98 Å².